The molecule has 1 aliphatic heterocycles. The quantitative estimate of drug-likeness (QED) is 0.603. The molecule has 1 aliphatic rings. The SMILES string of the molecule is CSc1nc(C)c(CCC(=O)N2CCN(Cc3cccs3)CC2)c(=O)[nH]1. The first kappa shape index (κ1) is 19.1. The number of rotatable bonds is 6. The van der Waals surface area contributed by atoms with E-state index in [1.54, 1.807) is 11.3 Å². The molecule has 6 nitrogen and oxygen atoms in total. The maximum Gasteiger partial charge on any atom is 0.254 e. The normalized spacial score (nSPS) is 15.4. The standard InChI is InChI=1S/C18H24N4O2S2/c1-13-15(17(24)20-18(19-13)25-2)5-6-16(23)22-9-7-21(8-10-22)12-14-4-3-11-26-14/h3-4,11H,5-10,12H2,1-2H3,(H,19,20,24). The van der Waals surface area contributed by atoms with E-state index in [4.69, 9.17) is 0 Å². The van der Waals surface area contributed by atoms with Crippen LogP contribution in [-0.4, -0.2) is 58.1 Å². The third-order valence-corrected chi connectivity index (χ3v) is 6.11. The molecule has 0 saturated carbocycles. The third kappa shape index (κ3) is 4.75. The van der Waals surface area contributed by atoms with Crippen LogP contribution in [0.4, 0.5) is 0 Å². The Labute approximate surface area is 161 Å². The van der Waals surface area contributed by atoms with E-state index in [0.717, 1.165) is 32.7 Å². The van der Waals surface area contributed by atoms with Gasteiger partial charge in [0.2, 0.25) is 5.91 Å². The Morgan fingerprint density at radius 1 is 1.35 bits per heavy atom. The summed E-state index contributed by atoms with van der Waals surface area (Å²) in [6.45, 7) is 6.09. The Morgan fingerprint density at radius 2 is 2.12 bits per heavy atom. The maximum atomic E-state index is 12.5. The Balaban J connectivity index is 1.50. The Hall–Kier alpha value is -1.64. The Kier molecular flexibility index (Phi) is 6.50. The molecule has 0 aromatic carbocycles. The topological polar surface area (TPSA) is 69.3 Å². The van der Waals surface area contributed by atoms with E-state index in [-0.39, 0.29) is 11.5 Å². The van der Waals surface area contributed by atoms with Gasteiger partial charge in [-0.05, 0) is 31.0 Å². The molecule has 0 unspecified atom stereocenters. The highest BCUT2D eigenvalue weighted by atomic mass is 32.2. The molecule has 1 saturated heterocycles. The van der Waals surface area contributed by atoms with Crippen molar-refractivity contribution in [2.45, 2.75) is 31.5 Å². The van der Waals surface area contributed by atoms with Crippen LogP contribution in [-0.2, 0) is 17.8 Å². The largest absolute Gasteiger partial charge is 0.340 e. The van der Waals surface area contributed by atoms with Gasteiger partial charge in [-0.25, -0.2) is 4.98 Å². The van der Waals surface area contributed by atoms with Crippen LogP contribution in [0, 0.1) is 6.92 Å². The molecule has 1 N–H and O–H groups in total. The number of aromatic nitrogens is 2. The molecule has 0 bridgehead atoms. The second-order valence-corrected chi connectivity index (χ2v) is 8.20. The number of thioether (sulfide) groups is 1. The molecule has 0 spiro atoms. The number of carbonyl (C=O) groups is 1. The Bertz CT molecular complexity index is 796. The fourth-order valence-corrected chi connectivity index (χ4v) is 4.31. The lowest BCUT2D eigenvalue weighted by atomic mass is 10.1. The van der Waals surface area contributed by atoms with E-state index in [2.05, 4.69) is 32.4 Å². The number of H-pyrrole nitrogens is 1. The van der Waals surface area contributed by atoms with E-state index in [1.165, 1.54) is 16.6 Å². The van der Waals surface area contributed by atoms with Crippen LogP contribution in [0.15, 0.2) is 27.5 Å². The van der Waals surface area contributed by atoms with Gasteiger partial charge in [-0.2, -0.15) is 0 Å². The second kappa shape index (κ2) is 8.83. The number of amides is 1. The summed E-state index contributed by atoms with van der Waals surface area (Å²) in [5.74, 6) is 0.119. The van der Waals surface area contributed by atoms with E-state index >= 15 is 0 Å². The highest BCUT2D eigenvalue weighted by molar-refractivity contribution is 7.98. The number of aryl methyl sites for hydroxylation is 1. The molecule has 0 atom stereocenters. The molecule has 1 amide bonds. The molecule has 8 heteroatoms. The summed E-state index contributed by atoms with van der Waals surface area (Å²) in [5.41, 5.74) is 1.20. The predicted octanol–water partition coefficient (Wildman–Crippen LogP) is 2.14. The number of thiophene rings is 1. The molecular formula is C18H24N4O2S2. The number of nitrogens with one attached hydrogen (secondary N) is 1. The molecule has 0 aliphatic carbocycles. The highest BCUT2D eigenvalue weighted by Crippen LogP contribution is 2.15. The van der Waals surface area contributed by atoms with Crippen molar-refractivity contribution >= 4 is 29.0 Å². The summed E-state index contributed by atoms with van der Waals surface area (Å²) in [6.07, 6.45) is 2.67. The van der Waals surface area contributed by atoms with Crippen LogP contribution in [0.1, 0.15) is 22.6 Å². The first-order chi connectivity index (χ1) is 12.6. The predicted molar refractivity (Wildman–Crippen MR) is 106 cm³/mol. The van der Waals surface area contributed by atoms with Gasteiger partial charge in [-0.15, -0.1) is 11.3 Å². The zero-order valence-electron chi connectivity index (χ0n) is 15.2. The van der Waals surface area contributed by atoms with Crippen molar-refractivity contribution in [2.75, 3.05) is 32.4 Å². The lowest BCUT2D eigenvalue weighted by molar-refractivity contribution is -0.133. The van der Waals surface area contributed by atoms with Gasteiger partial charge < -0.3 is 9.88 Å². The van der Waals surface area contributed by atoms with Gasteiger partial charge in [-0.3, -0.25) is 14.5 Å². The van der Waals surface area contributed by atoms with Gasteiger partial charge in [0.15, 0.2) is 5.16 Å². The zero-order valence-corrected chi connectivity index (χ0v) is 16.8. The van der Waals surface area contributed by atoms with Gasteiger partial charge in [0.25, 0.3) is 5.56 Å². The summed E-state index contributed by atoms with van der Waals surface area (Å²) in [6, 6.07) is 4.22. The number of hydrogen-bond donors (Lipinski definition) is 1. The van der Waals surface area contributed by atoms with Crippen molar-refractivity contribution in [2.24, 2.45) is 0 Å². The maximum absolute atomic E-state index is 12.5. The number of piperazine rings is 1. The fraction of sp³-hybridized carbons (Fsp3) is 0.500. The molecule has 3 rings (SSSR count). The van der Waals surface area contributed by atoms with Crippen molar-refractivity contribution in [3.8, 4) is 0 Å². The fourth-order valence-electron chi connectivity index (χ4n) is 3.14. The van der Waals surface area contributed by atoms with Crippen LogP contribution < -0.4 is 5.56 Å². The van der Waals surface area contributed by atoms with Crippen molar-refractivity contribution in [1.29, 1.82) is 0 Å². The second-order valence-electron chi connectivity index (χ2n) is 6.38. The van der Waals surface area contributed by atoms with Crippen LogP contribution in [0.2, 0.25) is 0 Å². The van der Waals surface area contributed by atoms with Crippen molar-refractivity contribution < 1.29 is 4.79 Å². The summed E-state index contributed by atoms with van der Waals surface area (Å²) in [7, 11) is 0. The minimum atomic E-state index is -0.129. The van der Waals surface area contributed by atoms with E-state index in [0.29, 0.717) is 29.3 Å². The first-order valence-corrected chi connectivity index (χ1v) is 10.8. The molecule has 140 valence electrons. The molecule has 2 aromatic rings. The van der Waals surface area contributed by atoms with Gasteiger partial charge in [0.05, 0.1) is 0 Å². The highest BCUT2D eigenvalue weighted by Gasteiger charge is 2.21. The average Bonchev–Trinajstić information content (AvgIpc) is 3.14. The van der Waals surface area contributed by atoms with Crippen molar-refractivity contribution in [3.05, 3.63) is 44.0 Å². The van der Waals surface area contributed by atoms with Crippen molar-refractivity contribution in [1.82, 2.24) is 19.8 Å². The number of aromatic amines is 1. The number of hydrogen-bond acceptors (Lipinski definition) is 6. The van der Waals surface area contributed by atoms with Crippen LogP contribution in [0.25, 0.3) is 0 Å². The van der Waals surface area contributed by atoms with Gasteiger partial charge >= 0.3 is 0 Å². The third-order valence-electron chi connectivity index (χ3n) is 4.67. The first-order valence-electron chi connectivity index (χ1n) is 8.73. The van der Waals surface area contributed by atoms with Gasteiger partial charge in [-0.1, -0.05) is 17.8 Å². The number of nitrogens with zero attached hydrogens (tertiary/aromatic N) is 3. The molecular weight excluding hydrogens is 368 g/mol. The van der Waals surface area contributed by atoms with Crippen LogP contribution in [0.5, 0.6) is 0 Å². The minimum Gasteiger partial charge on any atom is -0.340 e. The monoisotopic (exact) mass is 392 g/mol. The van der Waals surface area contributed by atoms with Gasteiger partial charge in [0, 0.05) is 55.3 Å². The van der Waals surface area contributed by atoms with Gasteiger partial charge in [0.1, 0.15) is 0 Å². The summed E-state index contributed by atoms with van der Waals surface area (Å²) >= 11 is 3.18. The molecule has 26 heavy (non-hydrogen) atoms. The lowest BCUT2D eigenvalue weighted by Crippen LogP contribution is -2.48. The molecule has 3 heterocycles. The average molecular weight is 393 g/mol. The minimum absolute atomic E-state index is 0.119. The summed E-state index contributed by atoms with van der Waals surface area (Å²) in [4.78, 5) is 37.5. The van der Waals surface area contributed by atoms with Crippen LogP contribution >= 0.6 is 23.1 Å². The molecule has 2 aromatic heterocycles. The van der Waals surface area contributed by atoms with E-state index in [1.807, 2.05) is 18.1 Å². The Morgan fingerprint density at radius 3 is 2.73 bits per heavy atom. The van der Waals surface area contributed by atoms with E-state index < -0.39 is 0 Å². The molecule has 1 fully saturated rings. The summed E-state index contributed by atoms with van der Waals surface area (Å²) < 4.78 is 0. The summed E-state index contributed by atoms with van der Waals surface area (Å²) in [5, 5.41) is 2.71. The number of carbonyl (C=O) groups excluding carboxylic acids is 1. The molecule has 0 radical (unpaired) electrons. The smallest absolute Gasteiger partial charge is 0.254 e. The van der Waals surface area contributed by atoms with E-state index in [9.17, 15) is 9.59 Å². The van der Waals surface area contributed by atoms with Crippen LogP contribution in [0.3, 0.4) is 0 Å². The van der Waals surface area contributed by atoms with Crippen molar-refractivity contribution in [3.63, 3.8) is 0 Å². The lowest BCUT2D eigenvalue weighted by Gasteiger charge is -2.34. The zero-order chi connectivity index (χ0) is 18.5.